The number of hydrogen-bond acceptors (Lipinski definition) is 10. The highest BCUT2D eigenvalue weighted by Gasteiger charge is 2.49. The first-order chi connectivity index (χ1) is 19.3. The van der Waals surface area contributed by atoms with Gasteiger partial charge in [0.15, 0.2) is 23.3 Å². The minimum Gasteiger partial charge on any atom is -0.394 e. The van der Waals surface area contributed by atoms with E-state index in [-0.39, 0.29) is 32.8 Å². The molecule has 218 valence electrons. The molecule has 2 aromatic heterocycles. The fraction of sp³-hybridized carbons (Fsp3) is 0.304. The molecule has 0 aliphatic carbocycles. The molecular weight excluding hydrogens is 616 g/mol. The normalized spacial score (nSPS) is 23.2. The van der Waals surface area contributed by atoms with Gasteiger partial charge in [0, 0.05) is 11.8 Å². The number of rotatable bonds is 6. The van der Waals surface area contributed by atoms with Gasteiger partial charge >= 0.3 is 0 Å². The molecule has 4 aromatic rings. The molecule has 1 aliphatic heterocycles. The maximum atomic E-state index is 13.8. The van der Waals surface area contributed by atoms with Crippen LogP contribution in [-0.4, -0.2) is 84.7 Å². The molecule has 0 amide bonds. The average Bonchev–Trinajstić information content (AvgIpc) is 3.57. The highest BCUT2D eigenvalue weighted by Crippen LogP contribution is 2.39. The summed E-state index contributed by atoms with van der Waals surface area (Å²) >= 11 is 12.2. The molecule has 1 saturated heterocycles. The van der Waals surface area contributed by atoms with E-state index in [2.05, 4.69) is 20.5 Å². The van der Waals surface area contributed by atoms with Gasteiger partial charge in [-0.1, -0.05) is 28.4 Å². The van der Waals surface area contributed by atoms with Crippen LogP contribution in [0.2, 0.25) is 10.0 Å². The van der Waals surface area contributed by atoms with Crippen molar-refractivity contribution in [3.8, 4) is 16.9 Å². The van der Waals surface area contributed by atoms with Crippen LogP contribution in [0, 0.1) is 17.5 Å². The highest BCUT2D eigenvalue weighted by molar-refractivity contribution is 7.90. The van der Waals surface area contributed by atoms with E-state index in [4.69, 9.17) is 27.9 Å². The van der Waals surface area contributed by atoms with Gasteiger partial charge in [-0.25, -0.2) is 26.3 Å². The molecule has 2 aromatic carbocycles. The maximum Gasteiger partial charge on any atom is 0.254 e. The largest absolute Gasteiger partial charge is 0.394 e. The number of ether oxygens (including phenoxy) is 1. The standard InChI is InChI=1S/C23H19Cl2F3N6O6S/c1-41(38,39)23-31-30-22(34(23)10-2-3-11(24)12(25)6-10)21-20(37)18(19(36)16(8-35)40-21)33-7-15(29-32-33)9-4-13(26)17(28)14(27)5-9/h2-7,16,18-21,35-37H,8H2,1H3/t16-,18+,19+,20-,21-/m1/s1. The third-order valence-corrected chi connectivity index (χ3v) is 8.06. The van der Waals surface area contributed by atoms with Gasteiger partial charge < -0.3 is 20.1 Å². The number of aliphatic hydroxyl groups is 3. The van der Waals surface area contributed by atoms with Crippen LogP contribution in [-0.2, 0) is 14.6 Å². The third-order valence-electron chi connectivity index (χ3n) is 6.39. The lowest BCUT2D eigenvalue weighted by atomic mass is 9.92. The molecule has 5 atom stereocenters. The molecule has 0 radical (unpaired) electrons. The zero-order valence-electron chi connectivity index (χ0n) is 20.6. The van der Waals surface area contributed by atoms with Gasteiger partial charge in [-0.15, -0.1) is 15.3 Å². The monoisotopic (exact) mass is 634 g/mol. The van der Waals surface area contributed by atoms with Gasteiger partial charge in [-0.05, 0) is 30.3 Å². The second kappa shape index (κ2) is 10.9. The minimum absolute atomic E-state index is 0.0683. The van der Waals surface area contributed by atoms with Crippen LogP contribution >= 0.6 is 23.2 Å². The minimum atomic E-state index is -4.01. The van der Waals surface area contributed by atoms with E-state index < -0.39 is 69.5 Å². The number of aliphatic hydroxyl groups excluding tert-OH is 3. The fourth-order valence-electron chi connectivity index (χ4n) is 4.46. The van der Waals surface area contributed by atoms with E-state index in [1.807, 2.05) is 0 Å². The van der Waals surface area contributed by atoms with Gasteiger partial charge in [0.2, 0.25) is 9.84 Å². The summed E-state index contributed by atoms with van der Waals surface area (Å²) in [5, 5.41) is 47.3. The van der Waals surface area contributed by atoms with Crippen molar-refractivity contribution < 1.29 is 41.6 Å². The van der Waals surface area contributed by atoms with Crippen LogP contribution in [0.3, 0.4) is 0 Å². The van der Waals surface area contributed by atoms with E-state index in [9.17, 15) is 36.9 Å². The first-order valence-corrected chi connectivity index (χ1v) is 14.3. The van der Waals surface area contributed by atoms with Crippen molar-refractivity contribution in [3.63, 3.8) is 0 Å². The first-order valence-electron chi connectivity index (χ1n) is 11.6. The van der Waals surface area contributed by atoms with Crippen molar-refractivity contribution in [2.75, 3.05) is 12.9 Å². The zero-order valence-corrected chi connectivity index (χ0v) is 22.9. The predicted octanol–water partition coefficient (Wildman–Crippen LogP) is 2.05. The van der Waals surface area contributed by atoms with Gasteiger partial charge in [-0.2, -0.15) is 0 Å². The molecular formula is C23H19Cl2F3N6O6S. The van der Waals surface area contributed by atoms with Crippen molar-refractivity contribution in [3.05, 3.63) is 69.9 Å². The van der Waals surface area contributed by atoms with Crippen molar-refractivity contribution in [1.82, 2.24) is 29.8 Å². The number of aromatic nitrogens is 6. The summed E-state index contributed by atoms with van der Waals surface area (Å²) in [6, 6.07) is 4.12. The van der Waals surface area contributed by atoms with E-state index in [1.165, 1.54) is 18.2 Å². The summed E-state index contributed by atoms with van der Waals surface area (Å²) in [6.07, 6.45) is -4.21. The van der Waals surface area contributed by atoms with Gasteiger partial charge in [-0.3, -0.25) is 4.57 Å². The molecule has 18 heteroatoms. The topological polar surface area (TPSA) is 165 Å². The Kier molecular flexibility index (Phi) is 7.84. The fourth-order valence-corrected chi connectivity index (χ4v) is 5.47. The summed E-state index contributed by atoms with van der Waals surface area (Å²) in [6.45, 7) is -0.753. The van der Waals surface area contributed by atoms with Crippen LogP contribution in [0.5, 0.6) is 0 Å². The van der Waals surface area contributed by atoms with Crippen LogP contribution < -0.4 is 0 Å². The molecule has 12 nitrogen and oxygen atoms in total. The Morgan fingerprint density at radius 2 is 1.68 bits per heavy atom. The third kappa shape index (κ3) is 5.31. The van der Waals surface area contributed by atoms with Crippen LogP contribution in [0.15, 0.2) is 41.7 Å². The van der Waals surface area contributed by atoms with Gasteiger partial charge in [0.25, 0.3) is 5.16 Å². The number of nitrogens with zero attached hydrogens (tertiary/aromatic N) is 6. The lowest BCUT2D eigenvalue weighted by Crippen LogP contribution is -2.53. The molecule has 0 unspecified atom stereocenters. The van der Waals surface area contributed by atoms with Crippen LogP contribution in [0.1, 0.15) is 18.0 Å². The van der Waals surface area contributed by atoms with Crippen molar-refractivity contribution >= 4 is 33.0 Å². The predicted molar refractivity (Wildman–Crippen MR) is 136 cm³/mol. The van der Waals surface area contributed by atoms with E-state index >= 15 is 0 Å². The molecule has 41 heavy (non-hydrogen) atoms. The molecule has 1 aliphatic rings. The second-order valence-corrected chi connectivity index (χ2v) is 11.9. The second-order valence-electron chi connectivity index (χ2n) is 9.13. The Hall–Kier alpha value is -3.12. The Balaban J connectivity index is 1.60. The number of halogens is 5. The summed E-state index contributed by atoms with van der Waals surface area (Å²) in [5.41, 5.74) is -0.178. The Morgan fingerprint density at radius 3 is 2.29 bits per heavy atom. The van der Waals surface area contributed by atoms with Gasteiger partial charge in [0.05, 0.1) is 28.5 Å². The lowest BCUT2D eigenvalue weighted by Gasteiger charge is -2.41. The zero-order chi connectivity index (χ0) is 29.8. The number of benzene rings is 2. The molecule has 3 heterocycles. The Labute approximate surface area is 239 Å². The molecule has 1 fully saturated rings. The summed E-state index contributed by atoms with van der Waals surface area (Å²) < 4.78 is 73.9. The van der Waals surface area contributed by atoms with E-state index in [0.717, 1.165) is 21.7 Å². The van der Waals surface area contributed by atoms with Crippen molar-refractivity contribution in [2.24, 2.45) is 0 Å². The first kappa shape index (κ1) is 29.4. The molecule has 5 rings (SSSR count). The maximum absolute atomic E-state index is 13.8. The summed E-state index contributed by atoms with van der Waals surface area (Å²) in [5.74, 6) is -4.85. The van der Waals surface area contributed by atoms with Crippen LogP contribution in [0.25, 0.3) is 16.9 Å². The Morgan fingerprint density at radius 1 is 1.00 bits per heavy atom. The average molecular weight is 635 g/mol. The van der Waals surface area contributed by atoms with E-state index in [1.54, 1.807) is 0 Å². The lowest BCUT2D eigenvalue weighted by molar-refractivity contribution is -0.210. The smallest absolute Gasteiger partial charge is 0.254 e. The number of hydrogen-bond donors (Lipinski definition) is 3. The van der Waals surface area contributed by atoms with E-state index in [0.29, 0.717) is 12.1 Å². The Bertz CT molecular complexity index is 1720. The van der Waals surface area contributed by atoms with Gasteiger partial charge in [0.1, 0.15) is 36.2 Å². The SMILES string of the molecule is CS(=O)(=O)c1nnc([C@@H]2O[C@H](CO)[C@H](O)[C@H](n3cc(-c4cc(F)c(F)c(F)c4)nn3)[C@H]2O)n1-c1ccc(Cl)c(Cl)c1. The summed E-state index contributed by atoms with van der Waals surface area (Å²) in [7, 11) is -4.01. The summed E-state index contributed by atoms with van der Waals surface area (Å²) in [4.78, 5) is 0. The molecule has 3 N–H and O–H groups in total. The van der Waals surface area contributed by atoms with Crippen LogP contribution in [0.4, 0.5) is 13.2 Å². The quantitative estimate of drug-likeness (QED) is 0.267. The molecule has 0 saturated carbocycles. The highest BCUT2D eigenvalue weighted by atomic mass is 35.5. The number of sulfone groups is 1. The van der Waals surface area contributed by atoms with Crippen molar-refractivity contribution in [1.29, 1.82) is 0 Å². The molecule has 0 spiro atoms. The van der Waals surface area contributed by atoms with Crippen molar-refractivity contribution in [2.45, 2.75) is 35.6 Å². The molecule has 0 bridgehead atoms.